The van der Waals surface area contributed by atoms with Crippen LogP contribution in [0.1, 0.15) is 13.8 Å². The zero-order valence-electron chi connectivity index (χ0n) is 12.8. The third-order valence-corrected chi connectivity index (χ3v) is 3.24. The van der Waals surface area contributed by atoms with E-state index in [9.17, 15) is 5.11 Å². The van der Waals surface area contributed by atoms with Gasteiger partial charge >= 0.3 is 0 Å². The molecule has 0 aliphatic heterocycles. The third kappa shape index (κ3) is 4.34. The highest BCUT2D eigenvalue weighted by Crippen LogP contribution is 2.29. The van der Waals surface area contributed by atoms with Gasteiger partial charge in [0, 0.05) is 18.0 Å². The fourth-order valence-corrected chi connectivity index (χ4v) is 2.09. The number of ether oxygens (including phenoxy) is 2. The first-order valence-electron chi connectivity index (χ1n) is 7.21. The maximum Gasteiger partial charge on any atom is 0.127 e. The number of hydrogen-bond acceptors (Lipinski definition) is 4. The average Bonchev–Trinajstić information content (AvgIpc) is 2.50. The summed E-state index contributed by atoms with van der Waals surface area (Å²) in [6.07, 6.45) is -0.534. The smallest absolute Gasteiger partial charge is 0.127 e. The molecule has 114 valence electrons. The topological polar surface area (TPSA) is 50.7 Å². The Hall–Kier alpha value is -1.78. The lowest BCUT2D eigenvalue weighted by atomic mass is 10.1. The molecule has 0 spiro atoms. The molecule has 0 heterocycles. The first kappa shape index (κ1) is 15.6. The SMILES string of the molecule is COc1ccc2cccc(OCC(O)CNC(C)C)c2c1. The molecule has 2 rings (SSSR count). The number of rotatable bonds is 7. The molecule has 4 heteroatoms. The largest absolute Gasteiger partial charge is 0.497 e. The zero-order chi connectivity index (χ0) is 15.2. The second-order valence-corrected chi connectivity index (χ2v) is 5.37. The van der Waals surface area contributed by atoms with Gasteiger partial charge in [-0.25, -0.2) is 0 Å². The molecule has 0 amide bonds. The highest BCUT2D eigenvalue weighted by molar-refractivity contribution is 5.89. The van der Waals surface area contributed by atoms with Crippen molar-refractivity contribution in [3.05, 3.63) is 36.4 Å². The summed E-state index contributed by atoms with van der Waals surface area (Å²) in [7, 11) is 1.64. The van der Waals surface area contributed by atoms with E-state index in [1.165, 1.54) is 0 Å². The molecule has 0 saturated carbocycles. The lowest BCUT2D eigenvalue weighted by Crippen LogP contribution is -2.35. The molecule has 0 aromatic heterocycles. The molecular weight excluding hydrogens is 266 g/mol. The Kier molecular flexibility index (Phi) is 5.42. The van der Waals surface area contributed by atoms with Crippen LogP contribution in [0.4, 0.5) is 0 Å². The number of aliphatic hydroxyl groups excluding tert-OH is 1. The molecule has 0 fully saturated rings. The van der Waals surface area contributed by atoms with Gasteiger partial charge in [0.15, 0.2) is 0 Å². The van der Waals surface area contributed by atoms with Gasteiger partial charge in [-0.15, -0.1) is 0 Å². The monoisotopic (exact) mass is 289 g/mol. The van der Waals surface area contributed by atoms with Gasteiger partial charge in [0.1, 0.15) is 24.2 Å². The maximum atomic E-state index is 9.92. The van der Waals surface area contributed by atoms with Gasteiger partial charge in [-0.05, 0) is 23.6 Å². The Morgan fingerprint density at radius 1 is 1.19 bits per heavy atom. The first-order valence-corrected chi connectivity index (χ1v) is 7.21. The van der Waals surface area contributed by atoms with E-state index in [-0.39, 0.29) is 6.61 Å². The van der Waals surface area contributed by atoms with Crippen LogP contribution in [0.15, 0.2) is 36.4 Å². The molecule has 0 aliphatic carbocycles. The van der Waals surface area contributed by atoms with E-state index >= 15 is 0 Å². The van der Waals surface area contributed by atoms with Crippen LogP contribution in [0.25, 0.3) is 10.8 Å². The highest BCUT2D eigenvalue weighted by Gasteiger charge is 2.08. The van der Waals surface area contributed by atoms with Crippen molar-refractivity contribution in [1.29, 1.82) is 0 Å². The van der Waals surface area contributed by atoms with E-state index in [1.54, 1.807) is 7.11 Å². The molecule has 0 bridgehead atoms. The maximum absolute atomic E-state index is 9.92. The molecule has 4 nitrogen and oxygen atoms in total. The summed E-state index contributed by atoms with van der Waals surface area (Å²) < 4.78 is 11.0. The van der Waals surface area contributed by atoms with Crippen molar-refractivity contribution in [3.8, 4) is 11.5 Å². The molecule has 2 aromatic rings. The molecule has 21 heavy (non-hydrogen) atoms. The lowest BCUT2D eigenvalue weighted by Gasteiger charge is -2.16. The Bertz CT molecular complexity index is 583. The van der Waals surface area contributed by atoms with Crippen LogP contribution in [0, 0.1) is 0 Å². The summed E-state index contributed by atoms with van der Waals surface area (Å²) in [5, 5.41) is 15.2. The van der Waals surface area contributed by atoms with Crippen LogP contribution < -0.4 is 14.8 Å². The number of nitrogens with one attached hydrogen (secondary N) is 1. The van der Waals surface area contributed by atoms with Crippen molar-refractivity contribution in [2.75, 3.05) is 20.3 Å². The summed E-state index contributed by atoms with van der Waals surface area (Å²) in [4.78, 5) is 0. The van der Waals surface area contributed by atoms with Crippen molar-refractivity contribution in [3.63, 3.8) is 0 Å². The van der Waals surface area contributed by atoms with Crippen LogP contribution in [0.3, 0.4) is 0 Å². The minimum Gasteiger partial charge on any atom is -0.497 e. The average molecular weight is 289 g/mol. The van der Waals surface area contributed by atoms with Gasteiger partial charge in [-0.2, -0.15) is 0 Å². The Morgan fingerprint density at radius 2 is 2.00 bits per heavy atom. The van der Waals surface area contributed by atoms with Crippen molar-refractivity contribution in [1.82, 2.24) is 5.32 Å². The van der Waals surface area contributed by atoms with Gasteiger partial charge in [-0.3, -0.25) is 0 Å². The molecule has 0 radical (unpaired) electrons. The number of methoxy groups -OCH3 is 1. The fourth-order valence-electron chi connectivity index (χ4n) is 2.09. The number of fused-ring (bicyclic) bond motifs is 1. The van der Waals surface area contributed by atoms with Gasteiger partial charge < -0.3 is 19.9 Å². The van der Waals surface area contributed by atoms with E-state index in [0.717, 1.165) is 22.3 Å². The van der Waals surface area contributed by atoms with Crippen LogP contribution in [-0.2, 0) is 0 Å². The van der Waals surface area contributed by atoms with E-state index in [4.69, 9.17) is 9.47 Å². The third-order valence-electron chi connectivity index (χ3n) is 3.24. The fraction of sp³-hybridized carbons (Fsp3) is 0.412. The summed E-state index contributed by atoms with van der Waals surface area (Å²) in [5.41, 5.74) is 0. The van der Waals surface area contributed by atoms with Gasteiger partial charge in [0.25, 0.3) is 0 Å². The molecule has 0 aliphatic rings. The number of benzene rings is 2. The van der Waals surface area contributed by atoms with Crippen molar-refractivity contribution in [2.45, 2.75) is 26.0 Å². The predicted molar refractivity (Wildman–Crippen MR) is 85.1 cm³/mol. The van der Waals surface area contributed by atoms with E-state index in [0.29, 0.717) is 12.6 Å². The standard InChI is InChI=1S/C17H23NO3/c1-12(2)18-10-14(19)11-21-17-6-4-5-13-7-8-15(20-3)9-16(13)17/h4-9,12,14,18-19H,10-11H2,1-3H3. The van der Waals surface area contributed by atoms with Crippen molar-refractivity contribution in [2.24, 2.45) is 0 Å². The Morgan fingerprint density at radius 3 is 2.71 bits per heavy atom. The van der Waals surface area contributed by atoms with E-state index in [1.807, 2.05) is 50.2 Å². The minimum absolute atomic E-state index is 0.260. The molecule has 1 atom stereocenters. The molecule has 2 N–H and O–H groups in total. The van der Waals surface area contributed by atoms with Crippen molar-refractivity contribution >= 4 is 10.8 Å². The quantitative estimate of drug-likeness (QED) is 0.822. The summed E-state index contributed by atoms with van der Waals surface area (Å²) in [5.74, 6) is 1.55. The normalized spacial score (nSPS) is 12.6. The number of hydrogen-bond donors (Lipinski definition) is 2. The Balaban J connectivity index is 2.07. The summed E-state index contributed by atoms with van der Waals surface area (Å²) >= 11 is 0. The van der Waals surface area contributed by atoms with Gasteiger partial charge in [0.05, 0.1) is 7.11 Å². The summed E-state index contributed by atoms with van der Waals surface area (Å²) in [6, 6.07) is 12.1. The van der Waals surface area contributed by atoms with E-state index < -0.39 is 6.10 Å². The van der Waals surface area contributed by atoms with Crippen LogP contribution in [0.5, 0.6) is 11.5 Å². The molecule has 2 aromatic carbocycles. The molecular formula is C17H23NO3. The molecule has 0 saturated heterocycles. The second-order valence-electron chi connectivity index (χ2n) is 5.37. The minimum atomic E-state index is -0.534. The second kappa shape index (κ2) is 7.29. The van der Waals surface area contributed by atoms with Gasteiger partial charge in [0.2, 0.25) is 0 Å². The first-order chi connectivity index (χ1) is 10.1. The van der Waals surface area contributed by atoms with Crippen LogP contribution >= 0.6 is 0 Å². The van der Waals surface area contributed by atoms with Crippen molar-refractivity contribution < 1.29 is 14.6 Å². The zero-order valence-corrected chi connectivity index (χ0v) is 12.8. The predicted octanol–water partition coefficient (Wildman–Crippen LogP) is 2.59. The van der Waals surface area contributed by atoms with Gasteiger partial charge in [-0.1, -0.05) is 32.0 Å². The van der Waals surface area contributed by atoms with Crippen LogP contribution in [-0.4, -0.2) is 37.5 Å². The lowest BCUT2D eigenvalue weighted by molar-refractivity contribution is 0.105. The number of aliphatic hydroxyl groups is 1. The van der Waals surface area contributed by atoms with E-state index in [2.05, 4.69) is 5.32 Å². The summed E-state index contributed by atoms with van der Waals surface area (Å²) in [6.45, 7) is 4.87. The highest BCUT2D eigenvalue weighted by atomic mass is 16.5. The molecule has 1 unspecified atom stereocenters. The van der Waals surface area contributed by atoms with Crippen LogP contribution in [0.2, 0.25) is 0 Å². The Labute approximate surface area is 125 Å².